The summed E-state index contributed by atoms with van der Waals surface area (Å²) >= 11 is 0. The molecule has 0 aromatic carbocycles. The predicted molar refractivity (Wildman–Crippen MR) is 101 cm³/mol. The van der Waals surface area contributed by atoms with Crippen LogP contribution in [0, 0.1) is 46.8 Å². The minimum atomic E-state index is -0.496. The Bertz CT molecular complexity index is 561. The van der Waals surface area contributed by atoms with Crippen LogP contribution in [0.4, 0.5) is 0 Å². The van der Waals surface area contributed by atoms with Crippen LogP contribution in [0.2, 0.25) is 0 Å². The second-order valence-electron chi connectivity index (χ2n) is 10.6. The van der Waals surface area contributed by atoms with Gasteiger partial charge >= 0.3 is 0 Å². The van der Waals surface area contributed by atoms with Crippen LogP contribution in [-0.2, 0) is 4.74 Å². The Morgan fingerprint density at radius 2 is 1.88 bits per heavy atom. The second kappa shape index (κ2) is 6.00. The van der Waals surface area contributed by atoms with Crippen LogP contribution in [0.3, 0.4) is 0 Å². The summed E-state index contributed by atoms with van der Waals surface area (Å²) in [6, 6.07) is 0. The van der Waals surface area contributed by atoms with Crippen molar-refractivity contribution in [3.05, 3.63) is 0 Å². The maximum Gasteiger partial charge on any atom is 0.107 e. The lowest BCUT2D eigenvalue weighted by Gasteiger charge is -2.63. The van der Waals surface area contributed by atoms with E-state index in [0.29, 0.717) is 35.4 Å². The highest BCUT2D eigenvalue weighted by Crippen LogP contribution is 2.67. The molecule has 2 nitrogen and oxygen atoms in total. The van der Waals surface area contributed by atoms with E-state index in [1.165, 1.54) is 38.5 Å². The number of terminal acetylenes is 1. The molecule has 25 heavy (non-hydrogen) atoms. The Morgan fingerprint density at radius 3 is 2.64 bits per heavy atom. The van der Waals surface area contributed by atoms with E-state index in [1.54, 1.807) is 0 Å². The van der Waals surface area contributed by atoms with Gasteiger partial charge in [-0.05, 0) is 92.8 Å². The first-order valence-corrected chi connectivity index (χ1v) is 10.6. The minimum Gasteiger partial charge on any atom is -0.390 e. The molecule has 0 radical (unpaired) electrons. The number of hydrogen-bond acceptors (Lipinski definition) is 2. The highest BCUT2D eigenvalue weighted by atomic mass is 16.5. The van der Waals surface area contributed by atoms with Gasteiger partial charge in [-0.15, -0.1) is 6.42 Å². The SMILES string of the molecule is C#CCOC1C[C@H]2C[C@](C)(O)CC[C@]2(C)[C@H]2CC[C@]3(C)CCC[C@H]3[C@H]12. The fraction of sp³-hybridized carbons (Fsp3) is 0.913. The molecule has 0 aliphatic heterocycles. The molecule has 0 aromatic rings. The molecule has 8 atom stereocenters. The van der Waals surface area contributed by atoms with Crippen LogP contribution in [0.5, 0.6) is 0 Å². The Hall–Kier alpha value is -0.520. The van der Waals surface area contributed by atoms with Gasteiger partial charge in [-0.25, -0.2) is 0 Å². The standard InChI is InChI=1S/C23H36O2/c1-5-13-25-19-14-16-15-22(3,24)11-12-23(16,4)18-8-10-21(2)9-6-7-17(21)20(18)19/h1,16-20,24H,6-15H2,2-4H3/t16-,17-,18-,19?,20-,21-,22+,23-/m0/s1. The molecule has 2 heteroatoms. The van der Waals surface area contributed by atoms with Crippen molar-refractivity contribution in [2.45, 2.75) is 90.3 Å². The molecule has 0 heterocycles. The molecule has 140 valence electrons. The lowest BCUT2D eigenvalue weighted by Crippen LogP contribution is -2.59. The molecule has 0 bridgehead atoms. The molecule has 1 N–H and O–H groups in total. The molecule has 4 rings (SSSR count). The molecule has 4 saturated carbocycles. The molecule has 0 saturated heterocycles. The van der Waals surface area contributed by atoms with E-state index in [9.17, 15) is 5.11 Å². The van der Waals surface area contributed by atoms with Crippen molar-refractivity contribution in [2.24, 2.45) is 34.5 Å². The zero-order chi connectivity index (χ0) is 17.9. The molecule has 0 spiro atoms. The van der Waals surface area contributed by atoms with Gasteiger partial charge in [0.1, 0.15) is 6.61 Å². The number of aliphatic hydroxyl groups is 1. The summed E-state index contributed by atoms with van der Waals surface area (Å²) in [5, 5.41) is 10.7. The van der Waals surface area contributed by atoms with Crippen molar-refractivity contribution in [3.63, 3.8) is 0 Å². The predicted octanol–water partition coefficient (Wildman–Crippen LogP) is 4.80. The van der Waals surface area contributed by atoms with Crippen LogP contribution in [0.25, 0.3) is 0 Å². The fourth-order valence-corrected chi connectivity index (χ4v) is 7.69. The van der Waals surface area contributed by atoms with Gasteiger partial charge in [0.2, 0.25) is 0 Å². The quantitative estimate of drug-likeness (QED) is 0.729. The van der Waals surface area contributed by atoms with Crippen molar-refractivity contribution in [2.75, 3.05) is 6.61 Å². The van der Waals surface area contributed by atoms with E-state index >= 15 is 0 Å². The lowest BCUT2D eigenvalue weighted by atomic mass is 9.43. The van der Waals surface area contributed by atoms with Gasteiger partial charge < -0.3 is 9.84 Å². The highest BCUT2D eigenvalue weighted by Gasteiger charge is 2.61. The number of rotatable bonds is 2. The third kappa shape index (κ3) is 2.78. The van der Waals surface area contributed by atoms with E-state index in [0.717, 1.165) is 31.1 Å². The summed E-state index contributed by atoms with van der Waals surface area (Å²) in [5.41, 5.74) is 0.416. The second-order valence-corrected chi connectivity index (χ2v) is 10.6. The van der Waals surface area contributed by atoms with E-state index in [1.807, 2.05) is 6.92 Å². The number of hydrogen-bond donors (Lipinski definition) is 1. The summed E-state index contributed by atoms with van der Waals surface area (Å²) in [4.78, 5) is 0. The largest absolute Gasteiger partial charge is 0.390 e. The average Bonchev–Trinajstić information content (AvgIpc) is 2.95. The Balaban J connectivity index is 1.68. The van der Waals surface area contributed by atoms with Crippen molar-refractivity contribution in [3.8, 4) is 12.3 Å². The van der Waals surface area contributed by atoms with Gasteiger partial charge in [0.15, 0.2) is 0 Å². The van der Waals surface area contributed by atoms with Crippen LogP contribution < -0.4 is 0 Å². The van der Waals surface area contributed by atoms with Gasteiger partial charge in [-0.1, -0.05) is 26.2 Å². The smallest absolute Gasteiger partial charge is 0.107 e. The Kier molecular flexibility index (Phi) is 4.29. The van der Waals surface area contributed by atoms with Gasteiger partial charge in [0, 0.05) is 0 Å². The first kappa shape index (κ1) is 17.9. The molecular formula is C23H36O2. The molecule has 4 aliphatic carbocycles. The maximum atomic E-state index is 10.7. The Labute approximate surface area is 154 Å². The Morgan fingerprint density at radius 1 is 1.08 bits per heavy atom. The van der Waals surface area contributed by atoms with Gasteiger partial charge in [-0.3, -0.25) is 0 Å². The van der Waals surface area contributed by atoms with Gasteiger partial charge in [-0.2, -0.15) is 0 Å². The van der Waals surface area contributed by atoms with Crippen LogP contribution in [0.1, 0.15) is 78.6 Å². The number of ether oxygens (including phenoxy) is 1. The summed E-state index contributed by atoms with van der Waals surface area (Å²) < 4.78 is 6.30. The van der Waals surface area contributed by atoms with E-state index in [2.05, 4.69) is 19.8 Å². The highest BCUT2D eigenvalue weighted by molar-refractivity contribution is 5.11. The van der Waals surface area contributed by atoms with Crippen LogP contribution in [-0.4, -0.2) is 23.4 Å². The molecule has 1 unspecified atom stereocenters. The minimum absolute atomic E-state index is 0.302. The summed E-state index contributed by atoms with van der Waals surface area (Å²) in [6.45, 7) is 7.56. The average molecular weight is 345 g/mol. The monoisotopic (exact) mass is 344 g/mol. The topological polar surface area (TPSA) is 29.5 Å². The van der Waals surface area contributed by atoms with E-state index in [-0.39, 0.29) is 0 Å². The number of fused-ring (bicyclic) bond motifs is 5. The molecule has 4 aliphatic rings. The molecule has 0 aromatic heterocycles. The molecule has 0 amide bonds. The molecule has 4 fully saturated rings. The first-order chi connectivity index (χ1) is 11.8. The summed E-state index contributed by atoms with van der Waals surface area (Å²) in [6.07, 6.45) is 16.9. The van der Waals surface area contributed by atoms with Crippen molar-refractivity contribution >= 4 is 0 Å². The van der Waals surface area contributed by atoms with Crippen LogP contribution >= 0.6 is 0 Å². The van der Waals surface area contributed by atoms with E-state index < -0.39 is 5.60 Å². The van der Waals surface area contributed by atoms with Crippen molar-refractivity contribution in [1.82, 2.24) is 0 Å². The summed E-state index contributed by atoms with van der Waals surface area (Å²) in [7, 11) is 0. The van der Waals surface area contributed by atoms with Gasteiger partial charge in [0.25, 0.3) is 0 Å². The zero-order valence-electron chi connectivity index (χ0n) is 16.4. The normalized spacial score (nSPS) is 54.9. The van der Waals surface area contributed by atoms with E-state index in [4.69, 9.17) is 11.2 Å². The van der Waals surface area contributed by atoms with Crippen molar-refractivity contribution < 1.29 is 9.84 Å². The summed E-state index contributed by atoms with van der Waals surface area (Å²) in [5.74, 6) is 5.53. The third-order valence-corrected chi connectivity index (χ3v) is 9.11. The van der Waals surface area contributed by atoms with Crippen LogP contribution in [0.15, 0.2) is 0 Å². The maximum absolute atomic E-state index is 10.7. The van der Waals surface area contributed by atoms with Gasteiger partial charge in [0.05, 0.1) is 11.7 Å². The lowest BCUT2D eigenvalue weighted by molar-refractivity contribution is -0.191. The fourth-order valence-electron chi connectivity index (χ4n) is 7.69. The third-order valence-electron chi connectivity index (χ3n) is 9.11. The van der Waals surface area contributed by atoms with Crippen molar-refractivity contribution in [1.29, 1.82) is 0 Å². The molecular weight excluding hydrogens is 308 g/mol. The first-order valence-electron chi connectivity index (χ1n) is 10.6. The zero-order valence-corrected chi connectivity index (χ0v) is 16.4.